The second-order valence-corrected chi connectivity index (χ2v) is 6.65. The minimum atomic E-state index is 0.767. The van der Waals surface area contributed by atoms with E-state index in [0.29, 0.717) is 0 Å². The first-order chi connectivity index (χ1) is 8.24. The van der Waals surface area contributed by atoms with E-state index in [2.05, 4.69) is 35.8 Å². The van der Waals surface area contributed by atoms with Gasteiger partial charge in [-0.25, -0.2) is 0 Å². The lowest BCUT2D eigenvalue weighted by Crippen LogP contribution is -2.43. The van der Waals surface area contributed by atoms with Crippen molar-refractivity contribution < 1.29 is 4.42 Å². The SMILES string of the molecule is CC1CN(CCNCc2ccco2)CC(C)S1. The van der Waals surface area contributed by atoms with Gasteiger partial charge in [-0.05, 0) is 12.1 Å². The van der Waals surface area contributed by atoms with E-state index in [4.69, 9.17) is 4.42 Å². The van der Waals surface area contributed by atoms with E-state index in [9.17, 15) is 0 Å². The molecule has 0 saturated carbocycles. The van der Waals surface area contributed by atoms with Gasteiger partial charge in [-0.15, -0.1) is 0 Å². The fourth-order valence-electron chi connectivity index (χ4n) is 2.33. The minimum Gasteiger partial charge on any atom is -0.468 e. The predicted molar refractivity (Wildman–Crippen MR) is 73.4 cm³/mol. The van der Waals surface area contributed by atoms with Crippen LogP contribution in [0.3, 0.4) is 0 Å². The van der Waals surface area contributed by atoms with Crippen LogP contribution < -0.4 is 5.32 Å². The Balaban J connectivity index is 1.61. The van der Waals surface area contributed by atoms with E-state index in [1.165, 1.54) is 13.1 Å². The molecular formula is C13H22N2OS. The molecule has 4 heteroatoms. The summed E-state index contributed by atoms with van der Waals surface area (Å²) in [5, 5.41) is 4.96. The molecule has 1 aromatic rings. The van der Waals surface area contributed by atoms with Crippen LogP contribution in [0.2, 0.25) is 0 Å². The third-order valence-corrected chi connectivity index (χ3v) is 4.21. The van der Waals surface area contributed by atoms with E-state index in [0.717, 1.165) is 35.9 Å². The van der Waals surface area contributed by atoms with Crippen LogP contribution in [0.25, 0.3) is 0 Å². The summed E-state index contributed by atoms with van der Waals surface area (Å²) in [4.78, 5) is 2.56. The Morgan fingerprint density at radius 1 is 1.41 bits per heavy atom. The molecule has 1 aromatic heterocycles. The number of hydrogen-bond donors (Lipinski definition) is 1. The van der Waals surface area contributed by atoms with Crippen molar-refractivity contribution in [1.29, 1.82) is 0 Å². The van der Waals surface area contributed by atoms with E-state index >= 15 is 0 Å². The van der Waals surface area contributed by atoms with E-state index in [-0.39, 0.29) is 0 Å². The molecule has 3 nitrogen and oxygen atoms in total. The molecule has 0 aliphatic carbocycles. The molecule has 2 unspecified atom stereocenters. The van der Waals surface area contributed by atoms with E-state index in [1.54, 1.807) is 6.26 Å². The van der Waals surface area contributed by atoms with Crippen LogP contribution in [0.4, 0.5) is 0 Å². The topological polar surface area (TPSA) is 28.4 Å². The van der Waals surface area contributed by atoms with Gasteiger partial charge in [0, 0.05) is 36.7 Å². The molecule has 2 atom stereocenters. The molecule has 1 N–H and O–H groups in total. The molecule has 1 aliphatic heterocycles. The Bertz CT molecular complexity index is 305. The molecule has 2 rings (SSSR count). The average Bonchev–Trinajstić information content (AvgIpc) is 2.76. The highest BCUT2D eigenvalue weighted by atomic mass is 32.2. The van der Waals surface area contributed by atoms with Crippen molar-refractivity contribution in [3.05, 3.63) is 24.2 Å². The van der Waals surface area contributed by atoms with Crippen molar-refractivity contribution in [1.82, 2.24) is 10.2 Å². The Morgan fingerprint density at radius 2 is 2.18 bits per heavy atom. The van der Waals surface area contributed by atoms with Crippen molar-refractivity contribution in [2.45, 2.75) is 30.9 Å². The minimum absolute atomic E-state index is 0.767. The molecule has 1 saturated heterocycles. The van der Waals surface area contributed by atoms with Gasteiger partial charge >= 0.3 is 0 Å². The Hall–Kier alpha value is -0.450. The quantitative estimate of drug-likeness (QED) is 0.816. The number of hydrogen-bond acceptors (Lipinski definition) is 4. The fraction of sp³-hybridized carbons (Fsp3) is 0.692. The average molecular weight is 254 g/mol. The molecule has 1 aliphatic rings. The summed E-state index contributed by atoms with van der Waals surface area (Å²) in [7, 11) is 0. The maximum atomic E-state index is 5.28. The molecule has 0 amide bonds. The van der Waals surface area contributed by atoms with Crippen LogP contribution >= 0.6 is 11.8 Å². The highest BCUT2D eigenvalue weighted by Crippen LogP contribution is 2.24. The Morgan fingerprint density at radius 3 is 2.82 bits per heavy atom. The highest BCUT2D eigenvalue weighted by molar-refractivity contribution is 8.00. The highest BCUT2D eigenvalue weighted by Gasteiger charge is 2.21. The van der Waals surface area contributed by atoms with Gasteiger partial charge in [-0.2, -0.15) is 11.8 Å². The lowest BCUT2D eigenvalue weighted by atomic mass is 10.3. The van der Waals surface area contributed by atoms with Gasteiger partial charge in [0.05, 0.1) is 12.8 Å². The molecule has 0 bridgehead atoms. The Labute approximate surface area is 108 Å². The summed E-state index contributed by atoms with van der Waals surface area (Å²) in [5.41, 5.74) is 0. The van der Waals surface area contributed by atoms with Crippen LogP contribution in [-0.4, -0.2) is 41.6 Å². The molecule has 0 radical (unpaired) electrons. The van der Waals surface area contributed by atoms with E-state index < -0.39 is 0 Å². The van der Waals surface area contributed by atoms with Crippen molar-refractivity contribution in [2.75, 3.05) is 26.2 Å². The smallest absolute Gasteiger partial charge is 0.117 e. The molecular weight excluding hydrogens is 232 g/mol. The third kappa shape index (κ3) is 4.37. The summed E-state index contributed by atoms with van der Waals surface area (Å²) < 4.78 is 5.28. The van der Waals surface area contributed by atoms with Crippen molar-refractivity contribution >= 4 is 11.8 Å². The van der Waals surface area contributed by atoms with Crippen LogP contribution in [-0.2, 0) is 6.54 Å². The number of furan rings is 1. The largest absolute Gasteiger partial charge is 0.468 e. The summed E-state index contributed by atoms with van der Waals surface area (Å²) in [6.07, 6.45) is 1.72. The molecule has 1 fully saturated rings. The van der Waals surface area contributed by atoms with Crippen molar-refractivity contribution in [2.24, 2.45) is 0 Å². The second kappa shape index (κ2) is 6.47. The first-order valence-corrected chi connectivity index (χ1v) is 7.29. The maximum absolute atomic E-state index is 5.28. The molecule has 0 aromatic carbocycles. The molecule has 96 valence electrons. The number of nitrogens with zero attached hydrogens (tertiary/aromatic N) is 1. The van der Waals surface area contributed by atoms with Crippen molar-refractivity contribution in [3.8, 4) is 0 Å². The summed E-state index contributed by atoms with van der Waals surface area (Å²) in [5.74, 6) is 1.01. The molecule has 2 heterocycles. The van der Waals surface area contributed by atoms with Crippen LogP contribution in [0.15, 0.2) is 22.8 Å². The van der Waals surface area contributed by atoms with Gasteiger partial charge in [-0.3, -0.25) is 4.90 Å². The lowest BCUT2D eigenvalue weighted by molar-refractivity contribution is 0.269. The third-order valence-electron chi connectivity index (χ3n) is 2.98. The van der Waals surface area contributed by atoms with Crippen LogP contribution in [0.5, 0.6) is 0 Å². The number of rotatable bonds is 5. The zero-order chi connectivity index (χ0) is 12.1. The fourth-order valence-corrected chi connectivity index (χ4v) is 3.72. The van der Waals surface area contributed by atoms with Gasteiger partial charge in [0.2, 0.25) is 0 Å². The first kappa shape index (κ1) is 13.0. The molecule has 17 heavy (non-hydrogen) atoms. The van der Waals surface area contributed by atoms with Gasteiger partial charge in [-0.1, -0.05) is 13.8 Å². The summed E-state index contributed by atoms with van der Waals surface area (Å²) >= 11 is 2.11. The number of thioether (sulfide) groups is 1. The maximum Gasteiger partial charge on any atom is 0.117 e. The van der Waals surface area contributed by atoms with Gasteiger partial charge in [0.1, 0.15) is 5.76 Å². The lowest BCUT2D eigenvalue weighted by Gasteiger charge is -2.34. The normalized spacial score (nSPS) is 26.2. The zero-order valence-electron chi connectivity index (χ0n) is 10.7. The van der Waals surface area contributed by atoms with Crippen LogP contribution in [0.1, 0.15) is 19.6 Å². The zero-order valence-corrected chi connectivity index (χ0v) is 11.5. The Kier molecular flexibility index (Phi) is 4.95. The van der Waals surface area contributed by atoms with E-state index in [1.807, 2.05) is 12.1 Å². The first-order valence-electron chi connectivity index (χ1n) is 6.35. The monoisotopic (exact) mass is 254 g/mol. The standard InChI is InChI=1S/C13H22N2OS/c1-11-9-15(10-12(2)17-11)6-5-14-8-13-4-3-7-16-13/h3-4,7,11-12,14H,5-6,8-10H2,1-2H3. The number of nitrogens with one attached hydrogen (secondary N) is 1. The van der Waals surface area contributed by atoms with Crippen molar-refractivity contribution in [3.63, 3.8) is 0 Å². The summed E-state index contributed by atoms with van der Waals surface area (Å²) in [6, 6.07) is 3.94. The predicted octanol–water partition coefficient (Wildman–Crippen LogP) is 2.19. The van der Waals surface area contributed by atoms with Gasteiger partial charge in [0.25, 0.3) is 0 Å². The van der Waals surface area contributed by atoms with Crippen LogP contribution in [0, 0.1) is 0 Å². The second-order valence-electron chi connectivity index (χ2n) is 4.77. The van der Waals surface area contributed by atoms with Gasteiger partial charge in [0.15, 0.2) is 0 Å². The molecule has 0 spiro atoms. The van der Waals surface area contributed by atoms with Gasteiger partial charge < -0.3 is 9.73 Å². The summed E-state index contributed by atoms with van der Waals surface area (Å²) in [6.45, 7) is 10.1.